The summed E-state index contributed by atoms with van der Waals surface area (Å²) in [4.78, 5) is 12.4. The first-order chi connectivity index (χ1) is 15.6. The molecule has 0 bridgehead atoms. The van der Waals surface area contributed by atoms with E-state index in [2.05, 4.69) is 23.9 Å². The molecule has 0 spiro atoms. The van der Waals surface area contributed by atoms with E-state index in [9.17, 15) is 4.79 Å². The van der Waals surface area contributed by atoms with Gasteiger partial charge in [0.2, 0.25) is 0 Å². The van der Waals surface area contributed by atoms with Crippen molar-refractivity contribution in [1.29, 1.82) is 0 Å². The van der Waals surface area contributed by atoms with E-state index >= 15 is 0 Å². The molecular weight excluding hydrogens is 408 g/mol. The van der Waals surface area contributed by atoms with Crippen molar-refractivity contribution in [3.05, 3.63) is 64.6 Å². The van der Waals surface area contributed by atoms with Crippen LogP contribution in [0, 0.1) is 0 Å². The van der Waals surface area contributed by atoms with Crippen LogP contribution in [0.15, 0.2) is 47.9 Å². The van der Waals surface area contributed by atoms with Gasteiger partial charge in [0.1, 0.15) is 0 Å². The summed E-state index contributed by atoms with van der Waals surface area (Å²) in [6.45, 7) is 11.2. The number of methoxy groups -OCH3 is 3. The Morgan fingerprint density at radius 1 is 1.19 bits per heavy atom. The fourth-order valence-electron chi connectivity index (χ4n) is 3.40. The Labute approximate surface area is 192 Å². The summed E-state index contributed by atoms with van der Waals surface area (Å²) in [7, 11) is 4.88. The van der Waals surface area contributed by atoms with Crippen LogP contribution in [0.4, 0.5) is 0 Å². The molecular formula is C25H40N2O5. The SMILES string of the molecule is C=C(OC)/C(OC)=C1\C(=C/COC)CCCc2cc(C(=O)NCCC)ccc21.CC.NO. The van der Waals surface area contributed by atoms with Crippen LogP contribution < -0.4 is 11.2 Å². The third kappa shape index (κ3) is 8.15. The summed E-state index contributed by atoms with van der Waals surface area (Å²) in [5.74, 6) is 4.54. The first kappa shape index (κ1) is 29.4. The summed E-state index contributed by atoms with van der Waals surface area (Å²) < 4.78 is 16.3. The van der Waals surface area contributed by atoms with E-state index in [1.54, 1.807) is 21.3 Å². The van der Waals surface area contributed by atoms with E-state index in [4.69, 9.17) is 19.4 Å². The number of amides is 1. The molecule has 7 heteroatoms. The predicted molar refractivity (Wildman–Crippen MR) is 129 cm³/mol. The van der Waals surface area contributed by atoms with Crippen LogP contribution in [-0.2, 0) is 20.6 Å². The predicted octanol–water partition coefficient (Wildman–Crippen LogP) is 4.61. The number of carbonyl (C=O) groups excluding carboxylic acids is 1. The van der Waals surface area contributed by atoms with Crippen molar-refractivity contribution >= 4 is 11.5 Å². The average Bonchev–Trinajstić information content (AvgIpc) is 3.02. The van der Waals surface area contributed by atoms with E-state index in [-0.39, 0.29) is 5.91 Å². The Balaban J connectivity index is 0.00000227. The van der Waals surface area contributed by atoms with Gasteiger partial charge in [-0.2, -0.15) is 0 Å². The molecule has 180 valence electrons. The van der Waals surface area contributed by atoms with E-state index in [0.29, 0.717) is 30.2 Å². The maximum atomic E-state index is 12.4. The summed E-state index contributed by atoms with van der Waals surface area (Å²) in [5.41, 5.74) is 4.94. The molecule has 0 aliphatic heterocycles. The zero-order valence-corrected chi connectivity index (χ0v) is 20.4. The second-order valence-electron chi connectivity index (χ2n) is 6.70. The minimum atomic E-state index is -0.0390. The largest absolute Gasteiger partial charge is 0.493 e. The second kappa shape index (κ2) is 17.0. The minimum absolute atomic E-state index is 0.0390. The first-order valence-corrected chi connectivity index (χ1v) is 10.9. The van der Waals surface area contributed by atoms with E-state index in [1.165, 1.54) is 0 Å². The summed E-state index contributed by atoms with van der Waals surface area (Å²) in [5, 5.41) is 9.44. The van der Waals surface area contributed by atoms with Gasteiger partial charge >= 0.3 is 0 Å². The smallest absolute Gasteiger partial charge is 0.251 e. The number of benzene rings is 1. The molecule has 32 heavy (non-hydrogen) atoms. The number of nitrogens with one attached hydrogen (secondary N) is 1. The molecule has 0 atom stereocenters. The molecule has 1 aliphatic rings. The molecule has 7 nitrogen and oxygen atoms in total. The van der Waals surface area contributed by atoms with Crippen molar-refractivity contribution in [2.45, 2.75) is 46.5 Å². The van der Waals surface area contributed by atoms with Gasteiger partial charge in [-0.3, -0.25) is 4.79 Å². The van der Waals surface area contributed by atoms with Gasteiger partial charge in [0.15, 0.2) is 11.5 Å². The molecule has 1 amide bonds. The summed E-state index contributed by atoms with van der Waals surface area (Å²) in [6.07, 6.45) is 5.73. The highest BCUT2D eigenvalue weighted by molar-refractivity contribution is 5.95. The highest BCUT2D eigenvalue weighted by Crippen LogP contribution is 2.38. The normalized spacial score (nSPS) is 15.1. The van der Waals surface area contributed by atoms with Crippen LogP contribution in [0.3, 0.4) is 0 Å². The summed E-state index contributed by atoms with van der Waals surface area (Å²) in [6, 6.07) is 5.85. The van der Waals surface area contributed by atoms with Crippen LogP contribution in [0.2, 0.25) is 0 Å². The lowest BCUT2D eigenvalue weighted by Gasteiger charge is -2.19. The molecule has 1 aromatic rings. The number of carbonyl (C=O) groups is 1. The van der Waals surface area contributed by atoms with Gasteiger partial charge in [0.05, 0.1) is 20.8 Å². The molecule has 0 aromatic heterocycles. The molecule has 1 aromatic carbocycles. The van der Waals surface area contributed by atoms with Crippen LogP contribution in [-0.4, -0.2) is 45.6 Å². The molecule has 4 N–H and O–H groups in total. The van der Waals surface area contributed by atoms with Crippen LogP contribution in [0.1, 0.15) is 61.5 Å². The first-order valence-electron chi connectivity index (χ1n) is 10.9. The van der Waals surface area contributed by atoms with E-state index < -0.39 is 0 Å². The molecule has 0 saturated heterocycles. The van der Waals surface area contributed by atoms with Gasteiger partial charge in [0.25, 0.3) is 5.91 Å². The van der Waals surface area contributed by atoms with Gasteiger partial charge in [-0.1, -0.05) is 39.5 Å². The number of hydrogen-bond acceptors (Lipinski definition) is 6. The highest BCUT2D eigenvalue weighted by atomic mass is 16.5. The number of hydrogen-bond donors (Lipinski definition) is 3. The number of ether oxygens (including phenoxy) is 3. The zero-order valence-electron chi connectivity index (χ0n) is 20.4. The number of rotatable bonds is 8. The molecule has 1 aliphatic carbocycles. The van der Waals surface area contributed by atoms with Gasteiger partial charge in [0, 0.05) is 24.8 Å². The standard InChI is InChI=1S/C23H31NO4.C2H6.H3NO/c1-6-13-24-23(25)19-10-11-20-18(15-19)9-7-8-17(12-14-26-3)21(20)22(28-5)16(2)27-4;2*1-2/h10-12,15H,2,6-9,13-14H2,1,3-5H3,(H,24,25);1-2H3;2H,1H2/b17-12-,22-21-;;. The topological polar surface area (TPSA) is 103 Å². The van der Waals surface area contributed by atoms with Crippen LogP contribution in [0.5, 0.6) is 0 Å². The molecule has 0 saturated carbocycles. The molecule has 0 unspecified atom stereocenters. The van der Waals surface area contributed by atoms with Crippen molar-refractivity contribution in [2.75, 3.05) is 34.5 Å². The highest BCUT2D eigenvalue weighted by Gasteiger charge is 2.24. The average molecular weight is 449 g/mol. The Morgan fingerprint density at radius 3 is 2.44 bits per heavy atom. The van der Waals surface area contributed by atoms with Gasteiger partial charge in [-0.25, -0.2) is 5.90 Å². The van der Waals surface area contributed by atoms with Gasteiger partial charge < -0.3 is 24.7 Å². The fourth-order valence-corrected chi connectivity index (χ4v) is 3.40. The number of allylic oxidation sites excluding steroid dienone is 2. The van der Waals surface area contributed by atoms with E-state index in [0.717, 1.165) is 48.0 Å². The van der Waals surface area contributed by atoms with Crippen molar-refractivity contribution in [2.24, 2.45) is 5.90 Å². The summed E-state index contributed by atoms with van der Waals surface area (Å²) >= 11 is 0. The lowest BCUT2D eigenvalue weighted by atomic mass is 9.92. The lowest BCUT2D eigenvalue weighted by Crippen LogP contribution is -2.24. The Hall–Kier alpha value is -2.61. The van der Waals surface area contributed by atoms with Crippen molar-refractivity contribution in [1.82, 2.24) is 5.32 Å². The van der Waals surface area contributed by atoms with Crippen molar-refractivity contribution in [3.8, 4) is 0 Å². The molecule has 0 radical (unpaired) electrons. The van der Waals surface area contributed by atoms with Crippen molar-refractivity contribution in [3.63, 3.8) is 0 Å². The zero-order chi connectivity index (χ0) is 24.5. The molecule has 0 heterocycles. The fraction of sp³-hybridized carbons (Fsp3) is 0.480. The third-order valence-corrected chi connectivity index (χ3v) is 4.81. The van der Waals surface area contributed by atoms with Gasteiger partial charge in [-0.05, 0) is 54.5 Å². The number of aryl methyl sites for hydroxylation is 1. The minimum Gasteiger partial charge on any atom is -0.493 e. The molecule has 0 fully saturated rings. The molecule has 2 rings (SSSR count). The Morgan fingerprint density at radius 2 is 1.88 bits per heavy atom. The third-order valence-electron chi connectivity index (χ3n) is 4.81. The lowest BCUT2D eigenvalue weighted by molar-refractivity contribution is 0.0953. The number of fused-ring (bicyclic) bond motifs is 1. The van der Waals surface area contributed by atoms with Crippen LogP contribution >= 0.6 is 0 Å². The Bertz CT molecular complexity index is 785. The monoisotopic (exact) mass is 448 g/mol. The van der Waals surface area contributed by atoms with Crippen molar-refractivity contribution < 1.29 is 24.2 Å². The Kier molecular flexibility index (Phi) is 15.6. The quantitative estimate of drug-likeness (QED) is 0.305. The maximum absolute atomic E-state index is 12.4. The van der Waals surface area contributed by atoms with Gasteiger partial charge in [-0.15, -0.1) is 0 Å². The maximum Gasteiger partial charge on any atom is 0.251 e. The number of nitrogens with two attached hydrogens (primary N) is 1. The van der Waals surface area contributed by atoms with E-state index in [1.807, 2.05) is 39.0 Å². The van der Waals surface area contributed by atoms with Crippen LogP contribution in [0.25, 0.3) is 5.57 Å². The second-order valence-corrected chi connectivity index (χ2v) is 6.70.